The van der Waals surface area contributed by atoms with E-state index < -0.39 is 10.2 Å². The molecule has 9 nitrogen and oxygen atoms in total. The first kappa shape index (κ1) is 19.0. The first-order valence-corrected chi connectivity index (χ1v) is 10.6. The van der Waals surface area contributed by atoms with E-state index in [4.69, 9.17) is 0 Å². The summed E-state index contributed by atoms with van der Waals surface area (Å²) in [6.45, 7) is 2.89. The lowest BCUT2D eigenvalue weighted by atomic mass is 10.1. The molecule has 0 saturated carbocycles. The van der Waals surface area contributed by atoms with Crippen LogP contribution in [-0.2, 0) is 36.1 Å². The zero-order chi connectivity index (χ0) is 18.9. The number of aromatic amines is 1. The number of fused-ring (bicyclic) bond motifs is 1. The lowest BCUT2D eigenvalue weighted by Crippen LogP contribution is -2.42. The highest BCUT2D eigenvalue weighted by Crippen LogP contribution is 2.23. The highest BCUT2D eigenvalue weighted by molar-refractivity contribution is 7.86. The van der Waals surface area contributed by atoms with Crippen molar-refractivity contribution < 1.29 is 13.2 Å². The second-order valence-electron chi connectivity index (χ2n) is 6.17. The molecule has 0 spiro atoms. The molecule has 2 aromatic rings. The molecule has 142 valence electrons. The number of hydrogen-bond donors (Lipinski definition) is 2. The molecule has 0 aromatic carbocycles. The molecule has 3 rings (SSSR count). The number of rotatable bonds is 6. The molecule has 3 heterocycles. The number of aromatic nitrogens is 3. The van der Waals surface area contributed by atoms with Gasteiger partial charge in [-0.2, -0.15) is 22.1 Å². The number of aryl methyl sites for hydroxylation is 1. The lowest BCUT2D eigenvalue weighted by molar-refractivity contribution is 0.0944. The van der Waals surface area contributed by atoms with Gasteiger partial charge in [-0.15, -0.1) is 11.3 Å². The van der Waals surface area contributed by atoms with Gasteiger partial charge in [0.05, 0.1) is 24.5 Å². The smallest absolute Gasteiger partial charge is 0.281 e. The van der Waals surface area contributed by atoms with Crippen LogP contribution in [0.2, 0.25) is 0 Å². The molecular formula is C15H22N6O3S2. The summed E-state index contributed by atoms with van der Waals surface area (Å²) in [4.78, 5) is 16.9. The zero-order valence-electron chi connectivity index (χ0n) is 14.9. The predicted molar refractivity (Wildman–Crippen MR) is 98.0 cm³/mol. The lowest BCUT2D eigenvalue weighted by Gasteiger charge is -2.28. The van der Waals surface area contributed by atoms with Gasteiger partial charge in [-0.1, -0.05) is 6.92 Å². The molecule has 1 aliphatic rings. The topological polar surface area (TPSA) is 111 Å². The Kier molecular flexibility index (Phi) is 5.42. The molecular weight excluding hydrogens is 376 g/mol. The maximum absolute atomic E-state index is 12.5. The molecule has 1 aliphatic heterocycles. The van der Waals surface area contributed by atoms with Gasteiger partial charge < -0.3 is 5.32 Å². The van der Waals surface area contributed by atoms with Gasteiger partial charge in [0.2, 0.25) is 0 Å². The monoisotopic (exact) mass is 398 g/mol. The summed E-state index contributed by atoms with van der Waals surface area (Å²) < 4.78 is 27.1. The molecule has 0 fully saturated rings. The van der Waals surface area contributed by atoms with Crippen molar-refractivity contribution in [3.63, 3.8) is 0 Å². The summed E-state index contributed by atoms with van der Waals surface area (Å²) in [5.74, 6) is -0.278. The minimum absolute atomic E-state index is 0.183. The quantitative estimate of drug-likeness (QED) is 0.737. The molecule has 26 heavy (non-hydrogen) atoms. The first-order chi connectivity index (χ1) is 12.3. The zero-order valence-corrected chi connectivity index (χ0v) is 16.6. The van der Waals surface area contributed by atoms with E-state index in [0.717, 1.165) is 22.7 Å². The van der Waals surface area contributed by atoms with Gasteiger partial charge in [0, 0.05) is 31.6 Å². The second-order valence-corrected chi connectivity index (χ2v) is 9.26. The summed E-state index contributed by atoms with van der Waals surface area (Å²) in [6.07, 6.45) is 1.31. The molecule has 2 N–H and O–H groups in total. The Morgan fingerprint density at radius 2 is 2.23 bits per heavy atom. The van der Waals surface area contributed by atoms with Crippen molar-refractivity contribution in [1.29, 1.82) is 0 Å². The van der Waals surface area contributed by atoms with Crippen molar-refractivity contribution in [3.05, 3.63) is 33.0 Å². The van der Waals surface area contributed by atoms with E-state index in [1.165, 1.54) is 34.0 Å². The number of amides is 1. The Morgan fingerprint density at radius 3 is 2.88 bits per heavy atom. The molecule has 2 aromatic heterocycles. The summed E-state index contributed by atoms with van der Waals surface area (Å²) in [5, 5.41) is 12.6. The van der Waals surface area contributed by atoms with E-state index in [0.29, 0.717) is 30.9 Å². The van der Waals surface area contributed by atoms with Gasteiger partial charge in [0.25, 0.3) is 16.1 Å². The van der Waals surface area contributed by atoms with Gasteiger partial charge in [-0.25, -0.2) is 4.98 Å². The minimum Gasteiger partial charge on any atom is -0.344 e. The van der Waals surface area contributed by atoms with Crippen LogP contribution < -0.4 is 5.32 Å². The number of nitrogens with one attached hydrogen (secondary N) is 2. The fraction of sp³-hybridized carbons (Fsp3) is 0.533. The molecule has 0 saturated heterocycles. The second kappa shape index (κ2) is 7.43. The highest BCUT2D eigenvalue weighted by Gasteiger charge is 2.32. The Hall–Kier alpha value is -1.82. The van der Waals surface area contributed by atoms with Gasteiger partial charge in [0.1, 0.15) is 5.01 Å². The predicted octanol–water partition coefficient (Wildman–Crippen LogP) is 0.523. The fourth-order valence-electron chi connectivity index (χ4n) is 2.74. The molecule has 1 amide bonds. The van der Waals surface area contributed by atoms with Gasteiger partial charge in [-0.05, 0) is 12.8 Å². The van der Waals surface area contributed by atoms with Gasteiger partial charge in [0.15, 0.2) is 5.69 Å². The summed E-state index contributed by atoms with van der Waals surface area (Å²) >= 11 is 1.52. The van der Waals surface area contributed by atoms with Crippen LogP contribution in [0.25, 0.3) is 0 Å². The van der Waals surface area contributed by atoms with Crippen molar-refractivity contribution in [2.75, 3.05) is 20.6 Å². The van der Waals surface area contributed by atoms with E-state index in [2.05, 4.69) is 20.5 Å². The molecule has 0 atom stereocenters. The molecule has 0 unspecified atom stereocenters. The minimum atomic E-state index is -3.49. The maximum Gasteiger partial charge on any atom is 0.281 e. The van der Waals surface area contributed by atoms with Crippen molar-refractivity contribution in [1.82, 2.24) is 29.1 Å². The summed E-state index contributed by atoms with van der Waals surface area (Å²) in [7, 11) is -0.490. The number of nitrogens with zero attached hydrogens (tertiary/aromatic N) is 4. The number of thiazole rings is 1. The van der Waals surface area contributed by atoms with Crippen LogP contribution in [0.5, 0.6) is 0 Å². The van der Waals surface area contributed by atoms with Crippen LogP contribution >= 0.6 is 11.3 Å². The Morgan fingerprint density at radius 1 is 1.46 bits per heavy atom. The normalized spacial score (nSPS) is 15.2. The first-order valence-electron chi connectivity index (χ1n) is 8.28. The average molecular weight is 399 g/mol. The average Bonchev–Trinajstić information content (AvgIpc) is 3.25. The van der Waals surface area contributed by atoms with Crippen LogP contribution in [0.1, 0.15) is 39.4 Å². The number of H-pyrrole nitrogens is 1. The van der Waals surface area contributed by atoms with E-state index >= 15 is 0 Å². The molecule has 11 heteroatoms. The molecule has 0 bridgehead atoms. The Bertz CT molecular complexity index is 902. The van der Waals surface area contributed by atoms with Gasteiger partial charge >= 0.3 is 0 Å². The van der Waals surface area contributed by atoms with Crippen molar-refractivity contribution >= 4 is 27.5 Å². The molecule has 0 radical (unpaired) electrons. The van der Waals surface area contributed by atoms with E-state index in [-0.39, 0.29) is 12.5 Å². The molecule has 0 aliphatic carbocycles. The summed E-state index contributed by atoms with van der Waals surface area (Å²) in [5.41, 5.74) is 2.78. The summed E-state index contributed by atoms with van der Waals surface area (Å²) in [6, 6.07) is 0. The van der Waals surface area contributed by atoms with E-state index in [9.17, 15) is 13.2 Å². The fourth-order valence-corrected chi connectivity index (χ4v) is 4.63. The largest absolute Gasteiger partial charge is 0.344 e. The van der Waals surface area contributed by atoms with Gasteiger partial charge in [-0.3, -0.25) is 9.89 Å². The van der Waals surface area contributed by atoms with Crippen LogP contribution in [0.4, 0.5) is 0 Å². The van der Waals surface area contributed by atoms with Crippen molar-refractivity contribution in [2.45, 2.75) is 32.9 Å². The standard InChI is InChI=1S/C15H22N6O3S2/c1-4-10-9-25-13(17-10)7-16-15(22)14-11-5-6-21(8-12(11)18-19-14)26(23,24)20(2)3/h9H,4-8H2,1-3H3,(H,16,22)(H,18,19). The third-order valence-electron chi connectivity index (χ3n) is 4.26. The number of hydrogen-bond acceptors (Lipinski definition) is 6. The van der Waals surface area contributed by atoms with Crippen molar-refractivity contribution in [2.24, 2.45) is 0 Å². The van der Waals surface area contributed by atoms with E-state index in [1.807, 2.05) is 12.3 Å². The third kappa shape index (κ3) is 3.65. The van der Waals surface area contributed by atoms with E-state index in [1.54, 1.807) is 0 Å². The maximum atomic E-state index is 12.5. The van der Waals surface area contributed by atoms with Crippen LogP contribution in [0.15, 0.2) is 5.38 Å². The third-order valence-corrected chi connectivity index (χ3v) is 7.05. The Balaban J connectivity index is 1.68. The van der Waals surface area contributed by atoms with Crippen LogP contribution in [-0.4, -0.2) is 58.8 Å². The van der Waals surface area contributed by atoms with Crippen LogP contribution in [0, 0.1) is 0 Å². The highest BCUT2D eigenvalue weighted by atomic mass is 32.2. The van der Waals surface area contributed by atoms with Crippen LogP contribution in [0.3, 0.4) is 0 Å². The van der Waals surface area contributed by atoms with Crippen molar-refractivity contribution in [3.8, 4) is 0 Å². The Labute approximate surface area is 156 Å². The number of carbonyl (C=O) groups is 1. The SMILES string of the molecule is CCc1csc(CNC(=O)c2n[nH]c3c2CCN(S(=O)(=O)N(C)C)C3)n1. The number of carbonyl (C=O) groups excluding carboxylic acids is 1.